The Balaban J connectivity index is 2.70. The molecule has 1 rings (SSSR count). The van der Waals surface area contributed by atoms with Crippen molar-refractivity contribution < 1.29 is 14.3 Å². The van der Waals surface area contributed by atoms with Crippen LogP contribution in [0.5, 0.6) is 5.75 Å². The third-order valence-electron chi connectivity index (χ3n) is 1.92. The lowest BCUT2D eigenvalue weighted by molar-refractivity contribution is -0.138. The van der Waals surface area contributed by atoms with Crippen LogP contribution in [0.4, 0.5) is 0 Å². The number of benzene rings is 1. The van der Waals surface area contributed by atoms with E-state index in [9.17, 15) is 4.79 Å². The highest BCUT2D eigenvalue weighted by molar-refractivity contribution is 9.11. The van der Waals surface area contributed by atoms with E-state index in [1.807, 2.05) is 12.1 Å². The zero-order chi connectivity index (χ0) is 13.7. The van der Waals surface area contributed by atoms with Crippen LogP contribution in [-0.2, 0) is 9.53 Å². The van der Waals surface area contributed by atoms with E-state index in [-0.39, 0.29) is 12.2 Å². The fourth-order valence-electron chi connectivity index (χ4n) is 1.12. The number of hydrogen-bond acceptors (Lipinski definition) is 3. The van der Waals surface area contributed by atoms with Gasteiger partial charge in [0.15, 0.2) is 0 Å². The minimum atomic E-state index is -0.443. The molecule has 18 heavy (non-hydrogen) atoms. The van der Waals surface area contributed by atoms with Crippen LogP contribution in [0, 0.1) is 0 Å². The first-order valence-electron chi connectivity index (χ1n) is 5.08. The van der Waals surface area contributed by atoms with Gasteiger partial charge in [0.05, 0.1) is 21.1 Å². The summed E-state index contributed by atoms with van der Waals surface area (Å²) in [5, 5.41) is 0. The molecule has 0 unspecified atom stereocenters. The van der Waals surface area contributed by atoms with E-state index < -0.39 is 5.97 Å². The summed E-state index contributed by atoms with van der Waals surface area (Å²) >= 11 is 10.1. The van der Waals surface area contributed by atoms with Crippen molar-refractivity contribution in [3.05, 3.63) is 37.7 Å². The molecule has 0 saturated carbocycles. The predicted octanol–water partition coefficient (Wildman–Crippen LogP) is 4.47. The van der Waals surface area contributed by atoms with Crippen molar-refractivity contribution in [3.8, 4) is 5.75 Å². The first-order valence-corrected chi connectivity index (χ1v) is 7.45. The molecule has 1 aromatic rings. The summed E-state index contributed by atoms with van der Waals surface area (Å²) in [5.41, 5.74) is 0.276. The number of carbonyl (C=O) groups excluding carboxylic acids is 1. The maximum Gasteiger partial charge on any atom is 0.336 e. The molecule has 0 aromatic heterocycles. The molecule has 0 amide bonds. The zero-order valence-electron chi connectivity index (χ0n) is 9.63. The topological polar surface area (TPSA) is 35.5 Å². The van der Waals surface area contributed by atoms with Crippen LogP contribution in [0.15, 0.2) is 37.7 Å². The molecular weight excluding hydrogens is 432 g/mol. The van der Waals surface area contributed by atoms with E-state index >= 15 is 0 Å². The summed E-state index contributed by atoms with van der Waals surface area (Å²) in [6, 6.07) is 3.71. The molecule has 0 aliphatic rings. The van der Waals surface area contributed by atoms with E-state index in [2.05, 4.69) is 54.4 Å². The van der Waals surface area contributed by atoms with Crippen molar-refractivity contribution in [3.63, 3.8) is 0 Å². The highest BCUT2D eigenvalue weighted by Gasteiger charge is 2.12. The van der Waals surface area contributed by atoms with Gasteiger partial charge in [-0.1, -0.05) is 22.5 Å². The van der Waals surface area contributed by atoms with Gasteiger partial charge in [0.2, 0.25) is 0 Å². The summed E-state index contributed by atoms with van der Waals surface area (Å²) in [6.45, 7) is 5.77. The normalized spacial score (nSPS) is 10.0. The Morgan fingerprint density at radius 1 is 1.28 bits per heavy atom. The molecule has 0 aliphatic heterocycles. The number of ether oxygens (including phenoxy) is 2. The lowest BCUT2D eigenvalue weighted by Crippen LogP contribution is -2.13. The lowest BCUT2D eigenvalue weighted by atomic mass is 10.3. The SMILES string of the molecule is C=C(COc1c(Br)cc(Br)cc1Br)C(=O)OCC. The quantitative estimate of drug-likeness (QED) is 0.498. The average molecular weight is 443 g/mol. The Labute approximate surface area is 131 Å². The van der Waals surface area contributed by atoms with Gasteiger partial charge in [0, 0.05) is 4.47 Å². The smallest absolute Gasteiger partial charge is 0.336 e. The maximum atomic E-state index is 11.4. The van der Waals surface area contributed by atoms with Gasteiger partial charge in [-0.3, -0.25) is 0 Å². The second-order valence-corrected chi connectivity index (χ2v) is 5.94. The van der Waals surface area contributed by atoms with E-state index in [0.717, 1.165) is 13.4 Å². The molecule has 3 nitrogen and oxygen atoms in total. The lowest BCUT2D eigenvalue weighted by Gasteiger charge is -2.11. The van der Waals surface area contributed by atoms with Gasteiger partial charge in [0.1, 0.15) is 12.4 Å². The van der Waals surface area contributed by atoms with Crippen molar-refractivity contribution in [2.45, 2.75) is 6.92 Å². The molecule has 0 bridgehead atoms. The Kier molecular flexibility index (Phi) is 6.38. The third kappa shape index (κ3) is 4.40. The molecule has 0 saturated heterocycles. The summed E-state index contributed by atoms with van der Waals surface area (Å²) in [4.78, 5) is 11.4. The molecule has 0 atom stereocenters. The molecule has 0 aliphatic carbocycles. The molecule has 6 heteroatoms. The number of esters is 1. The summed E-state index contributed by atoms with van der Waals surface area (Å²) in [5.74, 6) is 0.172. The third-order valence-corrected chi connectivity index (χ3v) is 3.55. The van der Waals surface area contributed by atoms with Crippen LogP contribution in [0.3, 0.4) is 0 Å². The van der Waals surface area contributed by atoms with Crippen molar-refractivity contribution in [2.75, 3.05) is 13.2 Å². The van der Waals surface area contributed by atoms with Crippen LogP contribution in [-0.4, -0.2) is 19.2 Å². The fourth-order valence-corrected chi connectivity index (χ4v) is 3.61. The molecule has 1 aromatic carbocycles. The highest BCUT2D eigenvalue weighted by atomic mass is 79.9. The van der Waals surface area contributed by atoms with Crippen molar-refractivity contribution in [1.29, 1.82) is 0 Å². The largest absolute Gasteiger partial charge is 0.486 e. The predicted molar refractivity (Wildman–Crippen MR) is 80.8 cm³/mol. The molecule has 0 fully saturated rings. The molecular formula is C12H11Br3O3. The van der Waals surface area contributed by atoms with Crippen LogP contribution in [0.1, 0.15) is 6.92 Å². The van der Waals surface area contributed by atoms with Crippen LogP contribution in [0.25, 0.3) is 0 Å². The fraction of sp³-hybridized carbons (Fsp3) is 0.250. The van der Waals surface area contributed by atoms with Gasteiger partial charge in [0.25, 0.3) is 0 Å². The monoisotopic (exact) mass is 440 g/mol. The van der Waals surface area contributed by atoms with Crippen LogP contribution >= 0.6 is 47.8 Å². The first kappa shape index (κ1) is 15.7. The minimum Gasteiger partial charge on any atom is -0.486 e. The van der Waals surface area contributed by atoms with Gasteiger partial charge in [-0.2, -0.15) is 0 Å². The van der Waals surface area contributed by atoms with E-state index in [1.165, 1.54) is 0 Å². The minimum absolute atomic E-state index is 0.0810. The number of halogens is 3. The van der Waals surface area contributed by atoms with Gasteiger partial charge in [-0.05, 0) is 50.9 Å². The van der Waals surface area contributed by atoms with Crippen molar-refractivity contribution in [1.82, 2.24) is 0 Å². The standard InChI is InChI=1S/C12H11Br3O3/c1-3-17-12(16)7(2)6-18-11-9(14)4-8(13)5-10(11)15/h4-5H,2-3,6H2,1H3. The second kappa shape index (κ2) is 7.31. The Bertz CT molecular complexity index is 449. The highest BCUT2D eigenvalue weighted by Crippen LogP contribution is 2.36. The van der Waals surface area contributed by atoms with E-state index in [0.29, 0.717) is 12.4 Å². The van der Waals surface area contributed by atoms with Crippen LogP contribution in [0.2, 0.25) is 0 Å². The van der Waals surface area contributed by atoms with Crippen molar-refractivity contribution >= 4 is 53.8 Å². The Morgan fingerprint density at radius 3 is 2.33 bits per heavy atom. The summed E-state index contributed by atoms with van der Waals surface area (Å²) < 4.78 is 12.8. The first-order chi connectivity index (χ1) is 8.45. The number of hydrogen-bond donors (Lipinski definition) is 0. The molecule has 0 spiro atoms. The van der Waals surface area contributed by atoms with Crippen LogP contribution < -0.4 is 4.74 Å². The second-order valence-electron chi connectivity index (χ2n) is 3.31. The molecule has 0 heterocycles. The Hall–Kier alpha value is -0.330. The number of rotatable bonds is 5. The van der Waals surface area contributed by atoms with Gasteiger partial charge >= 0.3 is 5.97 Å². The zero-order valence-corrected chi connectivity index (χ0v) is 14.4. The maximum absolute atomic E-state index is 11.4. The Morgan fingerprint density at radius 2 is 1.83 bits per heavy atom. The molecule has 0 N–H and O–H groups in total. The van der Waals surface area contributed by atoms with E-state index in [4.69, 9.17) is 9.47 Å². The average Bonchev–Trinajstić information content (AvgIpc) is 2.27. The number of carbonyl (C=O) groups is 1. The van der Waals surface area contributed by atoms with Gasteiger partial charge in [-0.25, -0.2) is 4.79 Å². The van der Waals surface area contributed by atoms with E-state index in [1.54, 1.807) is 6.92 Å². The van der Waals surface area contributed by atoms with Gasteiger partial charge < -0.3 is 9.47 Å². The molecule has 98 valence electrons. The molecule has 0 radical (unpaired) electrons. The van der Waals surface area contributed by atoms with Crippen molar-refractivity contribution in [2.24, 2.45) is 0 Å². The summed E-state index contributed by atoms with van der Waals surface area (Å²) in [6.07, 6.45) is 0. The van der Waals surface area contributed by atoms with Gasteiger partial charge in [-0.15, -0.1) is 0 Å². The summed E-state index contributed by atoms with van der Waals surface area (Å²) in [7, 11) is 0.